The molecule has 13 heavy (non-hydrogen) atoms. The van der Waals surface area contributed by atoms with E-state index >= 15 is 0 Å². The summed E-state index contributed by atoms with van der Waals surface area (Å²) in [6.45, 7) is 2.63. The minimum absolute atomic E-state index is 0.282. The van der Waals surface area contributed by atoms with E-state index in [9.17, 15) is 4.79 Å². The molecule has 0 amide bonds. The van der Waals surface area contributed by atoms with Gasteiger partial charge in [0.2, 0.25) is 0 Å². The summed E-state index contributed by atoms with van der Waals surface area (Å²) in [7, 11) is 0. The molecule has 0 aliphatic carbocycles. The summed E-state index contributed by atoms with van der Waals surface area (Å²) in [5.74, 6) is -0.927. The average molecular weight is 244 g/mol. The largest absolute Gasteiger partial charge is 0.478 e. The van der Waals surface area contributed by atoms with E-state index in [1.165, 1.54) is 0 Å². The third-order valence-corrected chi connectivity index (χ3v) is 2.26. The van der Waals surface area contributed by atoms with Crippen molar-refractivity contribution in [3.8, 4) is 0 Å². The lowest BCUT2D eigenvalue weighted by molar-refractivity contribution is 0.0697. The molecule has 2 N–H and O–H groups in total. The molecule has 1 aromatic carbocycles. The quantitative estimate of drug-likeness (QED) is 0.859. The first kappa shape index (κ1) is 10.1. The van der Waals surface area contributed by atoms with E-state index in [0.29, 0.717) is 16.7 Å². The van der Waals surface area contributed by atoms with Gasteiger partial charge in [0.1, 0.15) is 0 Å². The van der Waals surface area contributed by atoms with E-state index in [0.717, 1.165) is 0 Å². The molecule has 0 aliphatic rings. The summed E-state index contributed by atoms with van der Waals surface area (Å²) in [6.07, 6.45) is 0. The first-order valence-electron chi connectivity index (χ1n) is 3.92. The molecule has 0 atom stereocenters. The first-order valence-corrected chi connectivity index (χ1v) is 4.71. The summed E-state index contributed by atoms with van der Waals surface area (Å²) in [6, 6.07) is 5.26. The number of hydrogen-bond donors (Lipinski definition) is 2. The Hall–Kier alpha value is -1.03. The second-order valence-electron chi connectivity index (χ2n) is 2.50. The number of aromatic carboxylic acids is 1. The van der Waals surface area contributed by atoms with Crippen molar-refractivity contribution >= 4 is 27.6 Å². The minimum Gasteiger partial charge on any atom is -0.478 e. The lowest BCUT2D eigenvalue weighted by atomic mass is 10.2. The number of nitrogens with one attached hydrogen (secondary N) is 1. The molecular formula is C9H10BrNO2. The summed E-state index contributed by atoms with van der Waals surface area (Å²) in [5.41, 5.74) is 0.925. The van der Waals surface area contributed by atoms with Gasteiger partial charge in [-0.3, -0.25) is 0 Å². The van der Waals surface area contributed by atoms with Crippen molar-refractivity contribution in [3.63, 3.8) is 0 Å². The van der Waals surface area contributed by atoms with Gasteiger partial charge in [-0.25, -0.2) is 4.79 Å². The molecule has 3 nitrogen and oxygen atoms in total. The van der Waals surface area contributed by atoms with Gasteiger partial charge in [0.25, 0.3) is 0 Å². The predicted molar refractivity (Wildman–Crippen MR) is 55.3 cm³/mol. The first-order chi connectivity index (χ1) is 6.16. The zero-order chi connectivity index (χ0) is 9.84. The Balaban J connectivity index is 3.17. The van der Waals surface area contributed by atoms with Crippen molar-refractivity contribution in [3.05, 3.63) is 28.2 Å². The van der Waals surface area contributed by atoms with Crippen LogP contribution in [0, 0.1) is 0 Å². The molecule has 4 heteroatoms. The van der Waals surface area contributed by atoms with Gasteiger partial charge in [-0.05, 0) is 35.0 Å². The number of halogens is 1. The van der Waals surface area contributed by atoms with E-state index in [-0.39, 0.29) is 5.56 Å². The Bertz CT molecular complexity index is 325. The molecule has 1 rings (SSSR count). The maximum atomic E-state index is 10.8. The molecular weight excluding hydrogens is 234 g/mol. The van der Waals surface area contributed by atoms with Gasteiger partial charge in [0, 0.05) is 16.7 Å². The van der Waals surface area contributed by atoms with E-state index in [4.69, 9.17) is 5.11 Å². The summed E-state index contributed by atoms with van der Waals surface area (Å²) in [5, 5.41) is 11.9. The molecule has 0 heterocycles. The topological polar surface area (TPSA) is 49.3 Å². The number of hydrogen-bond acceptors (Lipinski definition) is 2. The third kappa shape index (κ3) is 2.21. The molecule has 0 aromatic heterocycles. The fraction of sp³-hybridized carbons (Fsp3) is 0.222. The number of rotatable bonds is 3. The number of anilines is 1. The standard InChI is InChI=1S/C9H10BrNO2/c1-2-11-7-5-3-4-6(10)8(7)9(12)13/h3-5,11H,2H2,1H3,(H,12,13). The molecule has 0 aliphatic heterocycles. The number of carboxylic acids is 1. The van der Waals surface area contributed by atoms with Gasteiger partial charge in [-0.1, -0.05) is 6.07 Å². The van der Waals surface area contributed by atoms with Crippen LogP contribution in [0.15, 0.2) is 22.7 Å². The fourth-order valence-electron chi connectivity index (χ4n) is 1.08. The van der Waals surface area contributed by atoms with Crippen molar-refractivity contribution in [1.29, 1.82) is 0 Å². The molecule has 0 bridgehead atoms. The highest BCUT2D eigenvalue weighted by molar-refractivity contribution is 9.10. The van der Waals surface area contributed by atoms with Crippen molar-refractivity contribution in [2.75, 3.05) is 11.9 Å². The lowest BCUT2D eigenvalue weighted by Crippen LogP contribution is -2.06. The Kier molecular flexibility index (Phi) is 3.31. The van der Waals surface area contributed by atoms with Crippen LogP contribution in [0.5, 0.6) is 0 Å². The SMILES string of the molecule is CCNc1cccc(Br)c1C(=O)O. The van der Waals surface area contributed by atoms with Crippen molar-refractivity contribution in [2.24, 2.45) is 0 Å². The molecule has 0 radical (unpaired) electrons. The highest BCUT2D eigenvalue weighted by Crippen LogP contribution is 2.24. The van der Waals surface area contributed by atoms with Gasteiger partial charge < -0.3 is 10.4 Å². The monoisotopic (exact) mass is 243 g/mol. The second kappa shape index (κ2) is 4.28. The zero-order valence-corrected chi connectivity index (χ0v) is 8.76. The van der Waals surface area contributed by atoms with E-state index < -0.39 is 5.97 Å². The molecule has 70 valence electrons. The molecule has 1 aromatic rings. The summed E-state index contributed by atoms with van der Waals surface area (Å²) in [4.78, 5) is 10.8. The highest BCUT2D eigenvalue weighted by atomic mass is 79.9. The Labute approximate surface area is 84.9 Å². The van der Waals surface area contributed by atoms with E-state index in [1.807, 2.05) is 6.92 Å². The van der Waals surface area contributed by atoms with Crippen LogP contribution in [0.1, 0.15) is 17.3 Å². The predicted octanol–water partition coefficient (Wildman–Crippen LogP) is 2.58. The van der Waals surface area contributed by atoms with Crippen LogP contribution in [0.3, 0.4) is 0 Å². The molecule has 0 unspecified atom stereocenters. The average Bonchev–Trinajstić information content (AvgIpc) is 2.04. The van der Waals surface area contributed by atoms with Crippen LogP contribution >= 0.6 is 15.9 Å². The van der Waals surface area contributed by atoms with Crippen LogP contribution in [-0.2, 0) is 0 Å². The van der Waals surface area contributed by atoms with Gasteiger partial charge >= 0.3 is 5.97 Å². The lowest BCUT2D eigenvalue weighted by Gasteiger charge is -2.08. The van der Waals surface area contributed by atoms with Gasteiger partial charge in [-0.2, -0.15) is 0 Å². The highest BCUT2D eigenvalue weighted by Gasteiger charge is 2.12. The van der Waals surface area contributed by atoms with Crippen LogP contribution in [0.25, 0.3) is 0 Å². The van der Waals surface area contributed by atoms with E-state index in [2.05, 4.69) is 21.2 Å². The van der Waals surface area contributed by atoms with Crippen molar-refractivity contribution < 1.29 is 9.90 Å². The normalized spacial score (nSPS) is 9.69. The summed E-state index contributed by atoms with van der Waals surface area (Å²) < 4.78 is 0.596. The molecule has 0 spiro atoms. The van der Waals surface area contributed by atoms with Crippen LogP contribution in [0.2, 0.25) is 0 Å². The van der Waals surface area contributed by atoms with Crippen molar-refractivity contribution in [2.45, 2.75) is 6.92 Å². The Morgan fingerprint density at radius 3 is 2.85 bits per heavy atom. The third-order valence-electron chi connectivity index (χ3n) is 1.59. The maximum Gasteiger partial charge on any atom is 0.338 e. The number of benzene rings is 1. The Morgan fingerprint density at radius 1 is 1.62 bits per heavy atom. The maximum absolute atomic E-state index is 10.8. The van der Waals surface area contributed by atoms with Crippen LogP contribution in [-0.4, -0.2) is 17.6 Å². The van der Waals surface area contributed by atoms with Crippen LogP contribution < -0.4 is 5.32 Å². The summed E-state index contributed by atoms with van der Waals surface area (Å²) >= 11 is 3.20. The van der Waals surface area contributed by atoms with Crippen molar-refractivity contribution in [1.82, 2.24) is 0 Å². The van der Waals surface area contributed by atoms with Gasteiger partial charge in [-0.15, -0.1) is 0 Å². The van der Waals surface area contributed by atoms with Crippen LogP contribution in [0.4, 0.5) is 5.69 Å². The second-order valence-corrected chi connectivity index (χ2v) is 3.35. The van der Waals surface area contributed by atoms with Gasteiger partial charge in [0.15, 0.2) is 0 Å². The zero-order valence-electron chi connectivity index (χ0n) is 7.17. The fourth-order valence-corrected chi connectivity index (χ4v) is 1.62. The van der Waals surface area contributed by atoms with Gasteiger partial charge in [0.05, 0.1) is 5.56 Å². The molecule has 0 saturated heterocycles. The number of carboxylic acid groups (broad SMARTS) is 1. The van der Waals surface area contributed by atoms with E-state index in [1.54, 1.807) is 18.2 Å². The number of carbonyl (C=O) groups is 1. The minimum atomic E-state index is -0.927. The Morgan fingerprint density at radius 2 is 2.31 bits per heavy atom. The molecule has 0 fully saturated rings. The molecule has 0 saturated carbocycles. The smallest absolute Gasteiger partial charge is 0.338 e.